The molecule has 0 radical (unpaired) electrons. The van der Waals surface area contributed by atoms with Crippen molar-refractivity contribution in [2.24, 2.45) is 5.73 Å². The maximum atomic E-state index is 12.1. The van der Waals surface area contributed by atoms with Crippen LogP contribution < -0.4 is 22.0 Å². The van der Waals surface area contributed by atoms with Gasteiger partial charge in [0.25, 0.3) is 5.56 Å². The number of aromatic nitrogens is 2. The smallest absolute Gasteiger partial charge is 0.274 e. The van der Waals surface area contributed by atoms with Gasteiger partial charge in [-0.25, -0.2) is 4.98 Å². The molecule has 4 nitrogen and oxygen atoms in total. The minimum absolute atomic E-state index is 0.147. The number of nitrogens with zero attached hydrogens (tertiary/aromatic N) is 1. The number of fused-ring (bicyclic) bond motifs is 1. The molecule has 3 N–H and O–H groups in total. The molecular weight excluding hydrogens is 250 g/mol. The molecule has 0 bridgehead atoms. The largest absolute Gasteiger partial charge is 0.405 e. The van der Waals surface area contributed by atoms with Crippen LogP contribution in [0.3, 0.4) is 0 Å². The Kier molecular flexibility index (Phi) is 4.35. The van der Waals surface area contributed by atoms with Crippen LogP contribution >= 0.6 is 0 Å². The second-order valence-corrected chi connectivity index (χ2v) is 4.82. The first kappa shape index (κ1) is 14.1. The predicted molar refractivity (Wildman–Crippen MR) is 83.0 cm³/mol. The topological polar surface area (TPSA) is 71.8 Å². The molecule has 1 aliphatic carbocycles. The number of nitrogens with two attached hydrogens (primary N) is 1. The summed E-state index contributed by atoms with van der Waals surface area (Å²) in [7, 11) is 0. The van der Waals surface area contributed by atoms with E-state index in [1.807, 2.05) is 32.1 Å². The Labute approximate surface area is 117 Å². The summed E-state index contributed by atoms with van der Waals surface area (Å²) in [5.41, 5.74) is 7.48. The predicted octanol–water partition coefficient (Wildman–Crippen LogP) is 0.947. The van der Waals surface area contributed by atoms with E-state index in [1.165, 1.54) is 6.20 Å². The number of hydrogen-bond acceptors (Lipinski definition) is 3. The van der Waals surface area contributed by atoms with Crippen molar-refractivity contribution in [1.29, 1.82) is 0 Å². The second-order valence-electron chi connectivity index (χ2n) is 4.82. The van der Waals surface area contributed by atoms with Crippen molar-refractivity contribution < 1.29 is 0 Å². The normalized spacial score (nSPS) is 15.7. The average molecular weight is 269 g/mol. The Morgan fingerprint density at radius 1 is 1.35 bits per heavy atom. The van der Waals surface area contributed by atoms with Crippen LogP contribution in [-0.4, -0.2) is 9.97 Å². The summed E-state index contributed by atoms with van der Waals surface area (Å²) in [5.74, 6) is 0. The summed E-state index contributed by atoms with van der Waals surface area (Å²) in [6.45, 7) is 3.84. The van der Waals surface area contributed by atoms with Gasteiger partial charge in [-0.3, -0.25) is 4.79 Å². The van der Waals surface area contributed by atoms with E-state index in [1.54, 1.807) is 6.08 Å². The van der Waals surface area contributed by atoms with Crippen molar-refractivity contribution in [2.45, 2.75) is 26.7 Å². The fraction of sp³-hybridized carbons (Fsp3) is 0.250. The molecule has 1 heterocycles. The van der Waals surface area contributed by atoms with Crippen molar-refractivity contribution in [1.82, 2.24) is 9.97 Å². The standard InChI is InChI=1S/C16H19N3O/c1-11(6-5-9-17)10-12(2)15-16(20)19-14-8-4-3-7-13(14)18-15/h5-10H,3-4,17H2,1-2H3,(H,19,20)/b9-5+,11-6-,12-10+. The Morgan fingerprint density at radius 3 is 2.85 bits per heavy atom. The highest BCUT2D eigenvalue weighted by Gasteiger charge is 2.06. The first-order chi connectivity index (χ1) is 9.61. The van der Waals surface area contributed by atoms with E-state index in [2.05, 4.69) is 16.0 Å². The van der Waals surface area contributed by atoms with Gasteiger partial charge in [0.05, 0.1) is 10.7 Å². The molecule has 0 saturated carbocycles. The second kappa shape index (κ2) is 6.19. The number of nitrogens with one attached hydrogen (secondary N) is 1. The van der Waals surface area contributed by atoms with Gasteiger partial charge in [0, 0.05) is 0 Å². The minimum Gasteiger partial charge on any atom is -0.405 e. The van der Waals surface area contributed by atoms with E-state index < -0.39 is 0 Å². The third-order valence-corrected chi connectivity index (χ3v) is 3.11. The number of allylic oxidation sites excluding steroid dienone is 5. The van der Waals surface area contributed by atoms with Crippen LogP contribution in [-0.2, 0) is 0 Å². The Morgan fingerprint density at radius 2 is 2.10 bits per heavy atom. The highest BCUT2D eigenvalue weighted by atomic mass is 16.1. The van der Waals surface area contributed by atoms with E-state index in [0.29, 0.717) is 5.69 Å². The summed E-state index contributed by atoms with van der Waals surface area (Å²) >= 11 is 0. The molecule has 104 valence electrons. The van der Waals surface area contributed by atoms with Gasteiger partial charge in [-0.2, -0.15) is 0 Å². The lowest BCUT2D eigenvalue weighted by Gasteiger charge is -2.03. The van der Waals surface area contributed by atoms with Gasteiger partial charge in [0.15, 0.2) is 0 Å². The summed E-state index contributed by atoms with van der Waals surface area (Å²) < 4.78 is 0. The maximum Gasteiger partial charge on any atom is 0.274 e. The molecule has 1 aromatic rings. The van der Waals surface area contributed by atoms with Crippen LogP contribution in [0.4, 0.5) is 0 Å². The average Bonchev–Trinajstić information content (AvgIpc) is 2.44. The van der Waals surface area contributed by atoms with E-state index in [-0.39, 0.29) is 5.56 Å². The van der Waals surface area contributed by atoms with E-state index in [9.17, 15) is 4.79 Å². The molecule has 20 heavy (non-hydrogen) atoms. The summed E-state index contributed by atoms with van der Waals surface area (Å²) in [5, 5.41) is 1.69. The van der Waals surface area contributed by atoms with Gasteiger partial charge in [-0.05, 0) is 44.5 Å². The zero-order valence-electron chi connectivity index (χ0n) is 11.8. The first-order valence-electron chi connectivity index (χ1n) is 6.66. The molecule has 0 unspecified atom stereocenters. The van der Waals surface area contributed by atoms with Crippen LogP contribution in [0.25, 0.3) is 17.7 Å². The lowest BCUT2D eigenvalue weighted by Crippen LogP contribution is -2.40. The van der Waals surface area contributed by atoms with Gasteiger partial charge in [-0.1, -0.05) is 29.9 Å². The summed E-state index contributed by atoms with van der Waals surface area (Å²) in [6, 6.07) is 0. The molecule has 1 aromatic heterocycles. The number of H-pyrrole nitrogens is 1. The molecule has 0 aromatic carbocycles. The fourth-order valence-electron chi connectivity index (χ4n) is 2.17. The molecule has 4 heteroatoms. The highest BCUT2D eigenvalue weighted by molar-refractivity contribution is 5.63. The van der Waals surface area contributed by atoms with Crippen molar-refractivity contribution in [3.05, 3.63) is 56.7 Å². The van der Waals surface area contributed by atoms with Crippen LogP contribution in [0.5, 0.6) is 0 Å². The van der Waals surface area contributed by atoms with E-state index >= 15 is 0 Å². The quantitative estimate of drug-likeness (QED) is 0.802. The Balaban J connectivity index is 2.49. The van der Waals surface area contributed by atoms with Gasteiger partial charge in [0.2, 0.25) is 0 Å². The molecule has 0 spiro atoms. The monoisotopic (exact) mass is 269 g/mol. The van der Waals surface area contributed by atoms with Crippen LogP contribution in [0, 0.1) is 0 Å². The summed E-state index contributed by atoms with van der Waals surface area (Å²) in [6.07, 6.45) is 13.0. The fourth-order valence-corrected chi connectivity index (χ4v) is 2.17. The summed E-state index contributed by atoms with van der Waals surface area (Å²) in [4.78, 5) is 19.5. The van der Waals surface area contributed by atoms with E-state index in [4.69, 9.17) is 5.73 Å². The minimum atomic E-state index is -0.147. The molecule has 0 atom stereocenters. The molecule has 1 aliphatic rings. The third kappa shape index (κ3) is 3.15. The van der Waals surface area contributed by atoms with Gasteiger partial charge < -0.3 is 10.7 Å². The maximum absolute atomic E-state index is 12.1. The van der Waals surface area contributed by atoms with Gasteiger partial charge in [-0.15, -0.1) is 0 Å². The van der Waals surface area contributed by atoms with Crippen molar-refractivity contribution >= 4 is 17.7 Å². The lowest BCUT2D eigenvalue weighted by atomic mass is 10.1. The lowest BCUT2D eigenvalue weighted by molar-refractivity contribution is 0.977. The van der Waals surface area contributed by atoms with E-state index in [0.717, 1.165) is 34.7 Å². The number of aromatic amines is 1. The van der Waals surface area contributed by atoms with Crippen LogP contribution in [0.15, 0.2) is 34.8 Å². The first-order valence-corrected chi connectivity index (χ1v) is 6.66. The van der Waals surface area contributed by atoms with Crippen molar-refractivity contribution in [2.75, 3.05) is 0 Å². The molecule has 0 fully saturated rings. The zero-order chi connectivity index (χ0) is 14.5. The SMILES string of the molecule is CC(=C/C=C/N)/C=C(\C)c1nc2c([nH]c1=O)=CCCC=2. The molecule has 2 rings (SSSR count). The van der Waals surface area contributed by atoms with Crippen LogP contribution in [0.2, 0.25) is 0 Å². The highest BCUT2D eigenvalue weighted by Crippen LogP contribution is 2.09. The Hall–Kier alpha value is -2.36. The number of rotatable bonds is 3. The molecular formula is C16H19N3O. The van der Waals surface area contributed by atoms with Gasteiger partial charge in [0.1, 0.15) is 5.69 Å². The molecule has 0 aliphatic heterocycles. The van der Waals surface area contributed by atoms with Gasteiger partial charge >= 0.3 is 0 Å². The Bertz CT molecular complexity index is 764. The molecule has 0 amide bonds. The van der Waals surface area contributed by atoms with Crippen molar-refractivity contribution in [3.63, 3.8) is 0 Å². The third-order valence-electron chi connectivity index (χ3n) is 3.11. The number of hydrogen-bond donors (Lipinski definition) is 2. The van der Waals surface area contributed by atoms with Crippen LogP contribution in [0.1, 0.15) is 32.4 Å². The molecule has 0 saturated heterocycles. The van der Waals surface area contributed by atoms with Crippen molar-refractivity contribution in [3.8, 4) is 0 Å². The zero-order valence-corrected chi connectivity index (χ0v) is 11.8.